The summed E-state index contributed by atoms with van der Waals surface area (Å²) in [6.45, 7) is 8.04. The molecule has 0 saturated carbocycles. The first-order chi connectivity index (χ1) is 16.8. The Hall–Kier alpha value is -3.65. The molecule has 8 heteroatoms. The van der Waals surface area contributed by atoms with E-state index in [-0.39, 0.29) is 6.29 Å². The lowest BCUT2D eigenvalue weighted by atomic mass is 10.1. The first-order valence-corrected chi connectivity index (χ1v) is 11.9. The Bertz CT molecular complexity index is 1340. The van der Waals surface area contributed by atoms with Gasteiger partial charge in [0.15, 0.2) is 17.7 Å². The molecule has 1 fully saturated rings. The van der Waals surface area contributed by atoms with E-state index in [9.17, 15) is 4.79 Å². The normalized spacial score (nSPS) is 16.4. The Labute approximate surface area is 203 Å². The van der Waals surface area contributed by atoms with E-state index in [0.29, 0.717) is 28.2 Å². The maximum absolute atomic E-state index is 13.0. The van der Waals surface area contributed by atoms with Gasteiger partial charge in [0.2, 0.25) is 0 Å². The van der Waals surface area contributed by atoms with Crippen molar-refractivity contribution in [2.24, 2.45) is 0 Å². The lowest BCUT2D eigenvalue weighted by Crippen LogP contribution is -2.28. The molecular weight excluding hydrogens is 446 g/mol. The molecule has 0 spiro atoms. The van der Waals surface area contributed by atoms with Gasteiger partial charge in [0.1, 0.15) is 22.8 Å². The summed E-state index contributed by atoms with van der Waals surface area (Å²) in [7, 11) is 0. The third kappa shape index (κ3) is 5.07. The predicted molar refractivity (Wildman–Crippen MR) is 131 cm³/mol. The Morgan fingerprint density at radius 2 is 1.86 bits per heavy atom. The minimum atomic E-state index is -0.674. The van der Waals surface area contributed by atoms with Crippen LogP contribution in [0.1, 0.15) is 45.8 Å². The molecule has 8 nitrogen and oxygen atoms in total. The van der Waals surface area contributed by atoms with E-state index in [2.05, 4.69) is 5.10 Å². The van der Waals surface area contributed by atoms with Crippen molar-refractivity contribution < 1.29 is 23.4 Å². The number of hydrogen-bond acceptors (Lipinski definition) is 7. The van der Waals surface area contributed by atoms with E-state index in [1.807, 2.05) is 76.2 Å². The second-order valence-electron chi connectivity index (χ2n) is 9.66. The number of furan rings is 1. The van der Waals surface area contributed by atoms with Crippen molar-refractivity contribution in [3.63, 3.8) is 0 Å². The van der Waals surface area contributed by atoms with E-state index >= 15 is 0 Å². The number of pyridine rings is 1. The van der Waals surface area contributed by atoms with Crippen molar-refractivity contribution in [3.8, 4) is 28.5 Å². The zero-order chi connectivity index (χ0) is 24.6. The first-order valence-electron chi connectivity index (χ1n) is 11.9. The van der Waals surface area contributed by atoms with E-state index in [1.165, 1.54) is 4.68 Å². The van der Waals surface area contributed by atoms with Crippen LogP contribution in [0.2, 0.25) is 0 Å². The molecule has 5 rings (SSSR count). The average Bonchev–Trinajstić information content (AvgIpc) is 3.42. The van der Waals surface area contributed by atoms with Crippen LogP contribution in [-0.2, 0) is 9.47 Å². The number of nitrogens with zero attached hydrogens (tertiary/aromatic N) is 3. The molecular formula is C27H29N3O5. The number of ether oxygens (including phenoxy) is 3. The Morgan fingerprint density at radius 1 is 1.06 bits per heavy atom. The lowest BCUT2D eigenvalue weighted by molar-refractivity contribution is -0.105. The summed E-state index contributed by atoms with van der Waals surface area (Å²) in [5, 5.41) is 5.22. The summed E-state index contributed by atoms with van der Waals surface area (Å²) >= 11 is 0. The molecule has 182 valence electrons. The summed E-state index contributed by atoms with van der Waals surface area (Å²) in [5.74, 6) is 2.07. The van der Waals surface area contributed by atoms with Crippen molar-refractivity contribution in [1.29, 1.82) is 0 Å². The predicted octanol–water partition coefficient (Wildman–Crippen LogP) is 6.36. The summed E-state index contributed by atoms with van der Waals surface area (Å²) in [6, 6.07) is 15.2. The van der Waals surface area contributed by atoms with Gasteiger partial charge in [-0.15, -0.1) is 4.68 Å². The summed E-state index contributed by atoms with van der Waals surface area (Å²) in [4.78, 5) is 17.8. The van der Waals surface area contributed by atoms with Crippen molar-refractivity contribution in [2.45, 2.75) is 58.8 Å². The fourth-order valence-electron chi connectivity index (χ4n) is 3.99. The van der Waals surface area contributed by atoms with Crippen molar-refractivity contribution in [3.05, 3.63) is 54.3 Å². The highest BCUT2D eigenvalue weighted by atomic mass is 16.7. The number of carbonyl (C=O) groups excluding carboxylic acids is 1. The standard InChI is InChI=1S/C27H29N3O5/c1-17-8-15-22(33-17)24-20-13-14-21(28-25(20)30(29-24)26(31)35-27(2,3)4)18-9-11-19(12-10-18)34-23-7-5-6-16-32-23/h8-15,23H,5-7,16H2,1-4H3. The van der Waals surface area contributed by atoms with E-state index in [4.69, 9.17) is 23.6 Å². The molecule has 0 amide bonds. The second kappa shape index (κ2) is 9.19. The molecule has 0 N–H and O–H groups in total. The Morgan fingerprint density at radius 3 is 2.51 bits per heavy atom. The van der Waals surface area contributed by atoms with Crippen molar-refractivity contribution in [2.75, 3.05) is 6.61 Å². The zero-order valence-electron chi connectivity index (χ0n) is 20.4. The first kappa shape index (κ1) is 23.1. The molecule has 0 bridgehead atoms. The number of aryl methyl sites for hydroxylation is 1. The van der Waals surface area contributed by atoms with Crippen LogP contribution in [0.4, 0.5) is 4.79 Å². The molecule has 1 atom stereocenters. The van der Waals surface area contributed by atoms with E-state index in [0.717, 1.165) is 42.9 Å². The monoisotopic (exact) mass is 475 g/mol. The van der Waals surface area contributed by atoms with Gasteiger partial charge < -0.3 is 18.6 Å². The molecule has 1 saturated heterocycles. The molecule has 1 unspecified atom stereocenters. The van der Waals surface area contributed by atoms with Gasteiger partial charge in [0.05, 0.1) is 17.7 Å². The minimum absolute atomic E-state index is 0.198. The highest BCUT2D eigenvalue weighted by Gasteiger charge is 2.25. The molecule has 3 aromatic heterocycles. The lowest BCUT2D eigenvalue weighted by Gasteiger charge is -2.23. The van der Waals surface area contributed by atoms with E-state index < -0.39 is 11.7 Å². The SMILES string of the molecule is Cc1ccc(-c2nn(C(=O)OC(C)(C)C)c3nc(-c4ccc(OC5CCCCO5)cc4)ccc23)o1. The van der Waals surface area contributed by atoms with Gasteiger partial charge in [-0.1, -0.05) is 0 Å². The minimum Gasteiger partial charge on any atom is -0.465 e. The summed E-state index contributed by atoms with van der Waals surface area (Å²) < 4.78 is 24.2. The molecule has 1 aromatic carbocycles. The fourth-order valence-corrected chi connectivity index (χ4v) is 3.99. The van der Waals surface area contributed by atoms with Crippen LogP contribution in [0.5, 0.6) is 5.75 Å². The molecule has 4 heterocycles. The number of benzene rings is 1. The highest BCUT2D eigenvalue weighted by Crippen LogP contribution is 2.31. The van der Waals surface area contributed by atoms with Crippen LogP contribution < -0.4 is 4.74 Å². The van der Waals surface area contributed by atoms with Crippen LogP contribution in [0.3, 0.4) is 0 Å². The number of carbonyl (C=O) groups is 1. The average molecular weight is 476 g/mol. The number of aromatic nitrogens is 3. The Kier molecular flexibility index (Phi) is 6.06. The van der Waals surface area contributed by atoms with E-state index in [1.54, 1.807) is 0 Å². The topological polar surface area (TPSA) is 88.6 Å². The molecule has 1 aliphatic rings. The number of hydrogen-bond donors (Lipinski definition) is 0. The number of rotatable bonds is 4. The third-order valence-corrected chi connectivity index (χ3v) is 5.63. The van der Waals surface area contributed by atoms with Crippen LogP contribution in [-0.4, -0.2) is 39.4 Å². The molecule has 0 aliphatic carbocycles. The smallest absolute Gasteiger partial charge is 0.437 e. The molecule has 0 radical (unpaired) electrons. The van der Waals surface area contributed by atoms with Gasteiger partial charge in [0, 0.05) is 12.0 Å². The van der Waals surface area contributed by atoms with Crippen molar-refractivity contribution >= 4 is 17.1 Å². The van der Waals surface area contributed by atoms with Gasteiger partial charge in [-0.05, 0) is 89.1 Å². The molecule has 4 aromatic rings. The van der Waals surface area contributed by atoms with Gasteiger partial charge in [-0.2, -0.15) is 5.10 Å². The zero-order valence-corrected chi connectivity index (χ0v) is 20.4. The van der Waals surface area contributed by atoms with Crippen LogP contribution in [0.15, 0.2) is 52.9 Å². The molecule has 1 aliphatic heterocycles. The second-order valence-corrected chi connectivity index (χ2v) is 9.66. The molecule has 35 heavy (non-hydrogen) atoms. The van der Waals surface area contributed by atoms with Gasteiger partial charge in [-0.3, -0.25) is 0 Å². The Balaban J connectivity index is 1.50. The van der Waals surface area contributed by atoms with Crippen LogP contribution >= 0.6 is 0 Å². The van der Waals surface area contributed by atoms with Crippen LogP contribution in [0, 0.1) is 6.92 Å². The summed E-state index contributed by atoms with van der Waals surface area (Å²) in [6.07, 6.45) is 2.28. The van der Waals surface area contributed by atoms with Crippen LogP contribution in [0.25, 0.3) is 33.7 Å². The van der Waals surface area contributed by atoms with Crippen molar-refractivity contribution in [1.82, 2.24) is 14.8 Å². The quantitative estimate of drug-likeness (QED) is 0.339. The maximum Gasteiger partial charge on any atom is 0.437 e. The van der Waals surface area contributed by atoms with Gasteiger partial charge in [-0.25, -0.2) is 9.78 Å². The summed E-state index contributed by atoms with van der Waals surface area (Å²) in [5.41, 5.74) is 1.85. The van der Waals surface area contributed by atoms with Gasteiger partial charge >= 0.3 is 6.09 Å². The highest BCUT2D eigenvalue weighted by molar-refractivity contribution is 5.95. The van der Waals surface area contributed by atoms with Gasteiger partial charge in [0.25, 0.3) is 0 Å². The fraction of sp³-hybridized carbons (Fsp3) is 0.370. The number of fused-ring (bicyclic) bond motifs is 1. The third-order valence-electron chi connectivity index (χ3n) is 5.63. The maximum atomic E-state index is 13.0. The largest absolute Gasteiger partial charge is 0.465 e.